The second kappa shape index (κ2) is 11.1. The molecule has 0 saturated heterocycles. The third kappa shape index (κ3) is 7.29. The van der Waals surface area contributed by atoms with Crippen molar-refractivity contribution in [3.05, 3.63) is 54.1 Å². The number of imidazole rings is 1. The van der Waals surface area contributed by atoms with Crippen molar-refractivity contribution in [3.63, 3.8) is 0 Å². The third-order valence-electron chi connectivity index (χ3n) is 5.48. The number of nitrogens with zero attached hydrogens (tertiary/aromatic N) is 2. The molecule has 2 atom stereocenters. The maximum atomic E-state index is 11.9. The number of aromatic nitrogens is 2. The van der Waals surface area contributed by atoms with Crippen LogP contribution in [-0.4, -0.2) is 33.2 Å². The van der Waals surface area contributed by atoms with Crippen molar-refractivity contribution < 1.29 is 9.90 Å². The summed E-state index contributed by atoms with van der Waals surface area (Å²) in [5.74, 6) is -0.483. The molecule has 2 aromatic rings. The van der Waals surface area contributed by atoms with E-state index in [9.17, 15) is 9.90 Å². The van der Waals surface area contributed by atoms with Gasteiger partial charge in [0.25, 0.3) is 0 Å². The average molecular weight is 401 g/mol. The molecule has 2 unspecified atom stereocenters. The van der Waals surface area contributed by atoms with E-state index in [0.29, 0.717) is 13.1 Å². The topological polar surface area (TPSA) is 93.2 Å². The molecule has 6 heteroatoms. The summed E-state index contributed by atoms with van der Waals surface area (Å²) >= 11 is 0. The van der Waals surface area contributed by atoms with Crippen LogP contribution in [0.15, 0.2) is 43.0 Å². The highest BCUT2D eigenvalue weighted by molar-refractivity contribution is 5.81. The molecule has 2 rings (SSSR count). The van der Waals surface area contributed by atoms with Gasteiger partial charge in [-0.25, -0.2) is 4.98 Å². The van der Waals surface area contributed by atoms with Gasteiger partial charge in [-0.1, -0.05) is 56.9 Å². The number of rotatable bonds is 13. The molecule has 0 spiro atoms. The van der Waals surface area contributed by atoms with Gasteiger partial charge in [0.15, 0.2) is 0 Å². The number of amides is 1. The summed E-state index contributed by atoms with van der Waals surface area (Å²) in [6.45, 7) is 7.32. The number of nitrogens with one attached hydrogen (secondary N) is 1. The normalized spacial score (nSPS) is 13.9. The fourth-order valence-electron chi connectivity index (χ4n) is 3.56. The van der Waals surface area contributed by atoms with Crippen LogP contribution in [0.25, 0.3) is 0 Å². The zero-order valence-corrected chi connectivity index (χ0v) is 18.0. The second-order valence-electron chi connectivity index (χ2n) is 8.35. The summed E-state index contributed by atoms with van der Waals surface area (Å²) in [4.78, 5) is 15.9. The molecule has 0 aliphatic rings. The molecule has 1 aromatic carbocycles. The Morgan fingerprint density at radius 1 is 1.24 bits per heavy atom. The van der Waals surface area contributed by atoms with Crippen LogP contribution < -0.4 is 11.1 Å². The quantitative estimate of drug-likeness (QED) is 0.450. The van der Waals surface area contributed by atoms with Crippen LogP contribution in [0.4, 0.5) is 0 Å². The zero-order valence-electron chi connectivity index (χ0n) is 18.0. The Morgan fingerprint density at radius 2 is 1.97 bits per heavy atom. The lowest BCUT2D eigenvalue weighted by Crippen LogP contribution is -2.42. The van der Waals surface area contributed by atoms with Gasteiger partial charge >= 0.3 is 0 Å². The van der Waals surface area contributed by atoms with Crippen molar-refractivity contribution in [1.82, 2.24) is 14.9 Å². The highest BCUT2D eigenvalue weighted by atomic mass is 16.3. The van der Waals surface area contributed by atoms with Crippen LogP contribution in [0.2, 0.25) is 0 Å². The molecule has 6 nitrogen and oxygen atoms in total. The third-order valence-corrected chi connectivity index (χ3v) is 5.48. The number of primary amides is 1. The average Bonchev–Trinajstić information content (AvgIpc) is 3.19. The number of carbonyl (C=O) groups excluding carboxylic acids is 1. The van der Waals surface area contributed by atoms with Crippen LogP contribution in [0.3, 0.4) is 0 Å². The molecule has 4 N–H and O–H groups in total. The number of carbonyl (C=O) groups is 1. The van der Waals surface area contributed by atoms with Gasteiger partial charge in [-0.05, 0) is 31.4 Å². The minimum absolute atomic E-state index is 0.228. The van der Waals surface area contributed by atoms with Crippen LogP contribution in [0.1, 0.15) is 69.9 Å². The number of hydrogen-bond donors (Lipinski definition) is 3. The Hall–Kier alpha value is -2.18. The molecule has 0 saturated carbocycles. The summed E-state index contributed by atoms with van der Waals surface area (Å²) in [5, 5.41) is 13.7. The molecule has 1 aromatic heterocycles. The summed E-state index contributed by atoms with van der Waals surface area (Å²) in [6, 6.07) is 8.12. The summed E-state index contributed by atoms with van der Waals surface area (Å²) in [7, 11) is 0. The van der Waals surface area contributed by atoms with E-state index in [0.717, 1.165) is 30.4 Å². The van der Waals surface area contributed by atoms with Gasteiger partial charge < -0.3 is 20.7 Å². The standard InChI is InChI=1S/C23H36N4O2/c1-4-5-6-7-8-21(22(24)29)18-9-11-19(12-10-18)23(2,3)26-15-20(28)16-27-14-13-25-17-27/h9-14,17,20-21,26,28H,4-8,15-16H2,1-3H3,(H2,24,29). The number of nitrogens with two attached hydrogens (primary N) is 1. The first-order valence-corrected chi connectivity index (χ1v) is 10.6. The van der Waals surface area contributed by atoms with E-state index in [1.165, 1.54) is 12.8 Å². The van der Waals surface area contributed by atoms with Gasteiger partial charge in [-0.15, -0.1) is 0 Å². The zero-order chi connectivity index (χ0) is 21.3. The van der Waals surface area contributed by atoms with E-state index in [1.807, 2.05) is 35.0 Å². The van der Waals surface area contributed by atoms with Gasteiger partial charge in [0, 0.05) is 24.5 Å². The molecule has 0 radical (unpaired) electrons. The number of unbranched alkanes of at least 4 members (excludes halogenated alkanes) is 3. The van der Waals surface area contributed by atoms with E-state index in [1.54, 1.807) is 12.5 Å². The predicted octanol–water partition coefficient (Wildman–Crippen LogP) is 3.31. The molecule has 160 valence electrons. The number of benzene rings is 1. The summed E-state index contributed by atoms with van der Waals surface area (Å²) in [5.41, 5.74) is 7.43. The molecular formula is C23H36N4O2. The van der Waals surface area contributed by atoms with Crippen molar-refractivity contribution in [2.75, 3.05) is 6.54 Å². The van der Waals surface area contributed by atoms with Gasteiger partial charge in [-0.2, -0.15) is 0 Å². The molecule has 1 heterocycles. The van der Waals surface area contributed by atoms with Gasteiger partial charge in [0.1, 0.15) is 0 Å². The van der Waals surface area contributed by atoms with E-state index >= 15 is 0 Å². The lowest BCUT2D eigenvalue weighted by molar-refractivity contribution is -0.119. The number of hydrogen-bond acceptors (Lipinski definition) is 4. The first-order chi connectivity index (χ1) is 13.8. The SMILES string of the molecule is CCCCCCC(C(N)=O)c1ccc(C(C)(C)NCC(O)Cn2ccnc2)cc1. The first-order valence-electron chi connectivity index (χ1n) is 10.6. The largest absolute Gasteiger partial charge is 0.390 e. The monoisotopic (exact) mass is 400 g/mol. The Balaban J connectivity index is 1.94. The highest BCUT2D eigenvalue weighted by Crippen LogP contribution is 2.26. The Morgan fingerprint density at radius 3 is 2.55 bits per heavy atom. The van der Waals surface area contributed by atoms with Crippen molar-refractivity contribution in [2.24, 2.45) is 5.73 Å². The molecule has 0 bridgehead atoms. The fourth-order valence-corrected chi connectivity index (χ4v) is 3.56. The Labute approximate surface area is 174 Å². The molecule has 0 aliphatic heterocycles. The Kier molecular flexibility index (Phi) is 8.86. The molecule has 1 amide bonds. The number of aliphatic hydroxyl groups is 1. The maximum absolute atomic E-state index is 11.9. The van der Waals surface area contributed by atoms with Crippen LogP contribution in [-0.2, 0) is 16.9 Å². The van der Waals surface area contributed by atoms with E-state index in [-0.39, 0.29) is 17.4 Å². The second-order valence-corrected chi connectivity index (χ2v) is 8.35. The van der Waals surface area contributed by atoms with Crippen molar-refractivity contribution in [3.8, 4) is 0 Å². The van der Waals surface area contributed by atoms with Gasteiger partial charge in [0.2, 0.25) is 5.91 Å². The predicted molar refractivity (Wildman–Crippen MR) is 116 cm³/mol. The summed E-state index contributed by atoms with van der Waals surface area (Å²) in [6.07, 6.45) is 10.1. The van der Waals surface area contributed by atoms with Gasteiger partial charge in [-0.3, -0.25) is 4.79 Å². The van der Waals surface area contributed by atoms with E-state index in [4.69, 9.17) is 5.73 Å². The number of aliphatic hydroxyl groups excluding tert-OH is 1. The fraction of sp³-hybridized carbons (Fsp3) is 0.565. The molecule has 0 fully saturated rings. The maximum Gasteiger partial charge on any atom is 0.224 e. The van der Waals surface area contributed by atoms with Crippen molar-refractivity contribution >= 4 is 5.91 Å². The Bertz CT molecular complexity index is 726. The van der Waals surface area contributed by atoms with Crippen molar-refractivity contribution in [1.29, 1.82) is 0 Å². The van der Waals surface area contributed by atoms with Crippen LogP contribution >= 0.6 is 0 Å². The summed E-state index contributed by atoms with van der Waals surface area (Å²) < 4.78 is 1.86. The van der Waals surface area contributed by atoms with E-state index < -0.39 is 6.10 Å². The smallest absolute Gasteiger partial charge is 0.224 e. The van der Waals surface area contributed by atoms with Crippen molar-refractivity contribution in [2.45, 2.75) is 77.0 Å². The lowest BCUT2D eigenvalue weighted by atomic mass is 9.88. The van der Waals surface area contributed by atoms with Crippen LogP contribution in [0, 0.1) is 0 Å². The minimum Gasteiger partial charge on any atom is -0.390 e. The van der Waals surface area contributed by atoms with Crippen LogP contribution in [0.5, 0.6) is 0 Å². The molecule has 0 aliphatic carbocycles. The minimum atomic E-state index is -0.509. The first kappa shape index (κ1) is 23.1. The van der Waals surface area contributed by atoms with E-state index in [2.05, 4.69) is 31.1 Å². The molecular weight excluding hydrogens is 364 g/mol. The lowest BCUT2D eigenvalue weighted by Gasteiger charge is -2.29. The molecule has 29 heavy (non-hydrogen) atoms. The highest BCUT2D eigenvalue weighted by Gasteiger charge is 2.23. The van der Waals surface area contributed by atoms with Gasteiger partial charge in [0.05, 0.1) is 24.9 Å².